The summed E-state index contributed by atoms with van der Waals surface area (Å²) in [6.07, 6.45) is 6.05. The highest BCUT2D eigenvalue weighted by molar-refractivity contribution is 7.90. The summed E-state index contributed by atoms with van der Waals surface area (Å²) in [6, 6.07) is 0.559. The van der Waals surface area contributed by atoms with Gasteiger partial charge < -0.3 is 5.32 Å². The highest BCUT2D eigenvalue weighted by atomic mass is 32.2. The Bertz CT molecular complexity index is 257. The van der Waals surface area contributed by atoms with Crippen LogP contribution in [0, 0.1) is 5.92 Å². The molecule has 0 amide bonds. The van der Waals surface area contributed by atoms with Gasteiger partial charge in [0.2, 0.25) is 0 Å². The summed E-state index contributed by atoms with van der Waals surface area (Å²) in [5, 5.41) is 3.39. The van der Waals surface area contributed by atoms with Crippen molar-refractivity contribution in [2.45, 2.75) is 38.6 Å². The van der Waals surface area contributed by atoms with Gasteiger partial charge in [0.15, 0.2) is 0 Å². The third-order valence-corrected chi connectivity index (χ3v) is 4.05. The highest BCUT2D eigenvalue weighted by Crippen LogP contribution is 2.29. The maximum absolute atomic E-state index is 10.8. The van der Waals surface area contributed by atoms with Crippen LogP contribution in [0.4, 0.5) is 0 Å². The SMILES string of the molecule is CC(NCCCS(C)(=O)=O)C1CCC1. The van der Waals surface area contributed by atoms with Gasteiger partial charge in [-0.1, -0.05) is 6.42 Å². The molecule has 1 aliphatic rings. The Labute approximate surface area is 87.2 Å². The third kappa shape index (κ3) is 4.42. The lowest BCUT2D eigenvalue weighted by Gasteiger charge is -2.32. The van der Waals surface area contributed by atoms with E-state index in [0.29, 0.717) is 11.8 Å². The summed E-state index contributed by atoms with van der Waals surface area (Å²) in [4.78, 5) is 0. The normalized spacial score (nSPS) is 20.4. The van der Waals surface area contributed by atoms with Crippen molar-refractivity contribution in [3.05, 3.63) is 0 Å². The predicted octanol–water partition coefficient (Wildman–Crippen LogP) is 1.20. The van der Waals surface area contributed by atoms with Crippen molar-refractivity contribution in [3.63, 3.8) is 0 Å². The van der Waals surface area contributed by atoms with Gasteiger partial charge in [-0.2, -0.15) is 0 Å². The summed E-state index contributed by atoms with van der Waals surface area (Å²) < 4.78 is 21.7. The molecule has 0 spiro atoms. The fourth-order valence-electron chi connectivity index (χ4n) is 1.77. The minimum atomic E-state index is -2.77. The van der Waals surface area contributed by atoms with E-state index in [4.69, 9.17) is 0 Å². The highest BCUT2D eigenvalue weighted by Gasteiger charge is 2.22. The Morgan fingerprint density at radius 2 is 2.07 bits per heavy atom. The third-order valence-electron chi connectivity index (χ3n) is 3.02. The number of hydrogen-bond donors (Lipinski definition) is 1. The van der Waals surface area contributed by atoms with Gasteiger partial charge in [-0.25, -0.2) is 8.42 Å². The van der Waals surface area contributed by atoms with Crippen LogP contribution >= 0.6 is 0 Å². The Hall–Kier alpha value is -0.0900. The molecule has 1 aliphatic carbocycles. The molecule has 14 heavy (non-hydrogen) atoms. The zero-order valence-corrected chi connectivity index (χ0v) is 9.94. The van der Waals surface area contributed by atoms with E-state index in [1.807, 2.05) is 0 Å². The van der Waals surface area contributed by atoms with Crippen molar-refractivity contribution < 1.29 is 8.42 Å². The van der Waals surface area contributed by atoms with Gasteiger partial charge in [-0.15, -0.1) is 0 Å². The second kappa shape index (κ2) is 5.12. The fourth-order valence-corrected chi connectivity index (χ4v) is 2.44. The number of hydrogen-bond acceptors (Lipinski definition) is 3. The van der Waals surface area contributed by atoms with Gasteiger partial charge in [0.25, 0.3) is 0 Å². The van der Waals surface area contributed by atoms with Gasteiger partial charge in [-0.05, 0) is 38.6 Å². The summed E-state index contributed by atoms with van der Waals surface area (Å²) in [7, 11) is -2.77. The second-order valence-corrected chi connectivity index (χ2v) is 6.68. The molecule has 0 bridgehead atoms. The smallest absolute Gasteiger partial charge is 0.147 e. The largest absolute Gasteiger partial charge is 0.314 e. The van der Waals surface area contributed by atoms with Crippen LogP contribution in [-0.4, -0.2) is 33.0 Å². The van der Waals surface area contributed by atoms with Crippen molar-refractivity contribution in [3.8, 4) is 0 Å². The first-order valence-electron chi connectivity index (χ1n) is 5.40. The van der Waals surface area contributed by atoms with Crippen LogP contribution in [-0.2, 0) is 9.84 Å². The van der Waals surface area contributed by atoms with Gasteiger partial charge >= 0.3 is 0 Å². The lowest BCUT2D eigenvalue weighted by molar-refractivity contribution is 0.241. The molecular weight excluding hydrogens is 198 g/mol. The zero-order chi connectivity index (χ0) is 10.6. The Kier molecular flexibility index (Phi) is 4.38. The second-order valence-electron chi connectivity index (χ2n) is 4.42. The van der Waals surface area contributed by atoms with Crippen molar-refractivity contribution in [2.24, 2.45) is 5.92 Å². The summed E-state index contributed by atoms with van der Waals surface area (Å²) in [6.45, 7) is 3.02. The van der Waals surface area contributed by atoms with E-state index in [1.165, 1.54) is 25.5 Å². The van der Waals surface area contributed by atoms with Gasteiger partial charge in [-0.3, -0.25) is 0 Å². The van der Waals surface area contributed by atoms with Crippen LogP contribution in [0.25, 0.3) is 0 Å². The van der Waals surface area contributed by atoms with Crippen LogP contribution < -0.4 is 5.32 Å². The molecule has 3 nitrogen and oxygen atoms in total. The van der Waals surface area contributed by atoms with Crippen LogP contribution in [0.5, 0.6) is 0 Å². The molecule has 0 radical (unpaired) electrons. The zero-order valence-electron chi connectivity index (χ0n) is 9.12. The predicted molar refractivity (Wildman–Crippen MR) is 59.1 cm³/mol. The van der Waals surface area contributed by atoms with Crippen LogP contribution in [0.15, 0.2) is 0 Å². The minimum Gasteiger partial charge on any atom is -0.314 e. The van der Waals surface area contributed by atoms with E-state index in [-0.39, 0.29) is 0 Å². The lowest BCUT2D eigenvalue weighted by atomic mass is 9.80. The molecule has 1 saturated carbocycles. The van der Waals surface area contributed by atoms with E-state index in [9.17, 15) is 8.42 Å². The Balaban J connectivity index is 2.03. The molecule has 84 valence electrons. The quantitative estimate of drug-likeness (QED) is 0.683. The van der Waals surface area contributed by atoms with Crippen LogP contribution in [0.1, 0.15) is 32.6 Å². The summed E-state index contributed by atoms with van der Waals surface area (Å²) in [5.74, 6) is 1.13. The monoisotopic (exact) mass is 219 g/mol. The van der Waals surface area contributed by atoms with Crippen molar-refractivity contribution in [1.82, 2.24) is 5.32 Å². The van der Waals surface area contributed by atoms with Crippen molar-refractivity contribution >= 4 is 9.84 Å². The fraction of sp³-hybridized carbons (Fsp3) is 1.00. The van der Waals surface area contributed by atoms with E-state index < -0.39 is 9.84 Å². The maximum atomic E-state index is 10.8. The molecule has 1 fully saturated rings. The summed E-state index contributed by atoms with van der Waals surface area (Å²) in [5.41, 5.74) is 0. The first-order valence-corrected chi connectivity index (χ1v) is 7.46. The van der Waals surface area contributed by atoms with Gasteiger partial charge in [0.1, 0.15) is 9.84 Å². The molecule has 0 saturated heterocycles. The van der Waals surface area contributed by atoms with E-state index in [2.05, 4.69) is 12.2 Å². The van der Waals surface area contributed by atoms with E-state index in [1.54, 1.807) is 0 Å². The molecule has 0 heterocycles. The molecule has 1 rings (SSSR count). The van der Waals surface area contributed by atoms with Crippen molar-refractivity contribution in [2.75, 3.05) is 18.6 Å². The van der Waals surface area contributed by atoms with E-state index >= 15 is 0 Å². The van der Waals surface area contributed by atoms with Crippen LogP contribution in [0.3, 0.4) is 0 Å². The number of nitrogens with one attached hydrogen (secondary N) is 1. The molecule has 1 N–H and O–H groups in total. The molecule has 1 unspecified atom stereocenters. The van der Waals surface area contributed by atoms with E-state index in [0.717, 1.165) is 18.9 Å². The molecule has 0 aromatic heterocycles. The average molecular weight is 219 g/mol. The average Bonchev–Trinajstić information content (AvgIpc) is 1.92. The standard InChI is InChI=1S/C10H21NO2S/c1-9(10-5-3-6-10)11-7-4-8-14(2,12)13/h9-11H,3-8H2,1-2H3. The van der Waals surface area contributed by atoms with Crippen LogP contribution in [0.2, 0.25) is 0 Å². The van der Waals surface area contributed by atoms with Gasteiger partial charge in [0.05, 0.1) is 5.75 Å². The number of rotatable bonds is 6. The van der Waals surface area contributed by atoms with Gasteiger partial charge in [0, 0.05) is 12.3 Å². The first kappa shape index (κ1) is 12.0. The summed E-state index contributed by atoms with van der Waals surface area (Å²) >= 11 is 0. The molecule has 0 aromatic carbocycles. The topological polar surface area (TPSA) is 46.2 Å². The maximum Gasteiger partial charge on any atom is 0.147 e. The number of sulfone groups is 1. The van der Waals surface area contributed by atoms with Crippen molar-refractivity contribution in [1.29, 1.82) is 0 Å². The molecule has 0 aliphatic heterocycles. The molecular formula is C10H21NO2S. The molecule has 4 heteroatoms. The first-order chi connectivity index (χ1) is 6.49. The minimum absolute atomic E-state index is 0.303. The molecule has 1 atom stereocenters. The Morgan fingerprint density at radius 1 is 1.43 bits per heavy atom. The Morgan fingerprint density at radius 3 is 2.50 bits per heavy atom. The molecule has 0 aromatic rings. The lowest BCUT2D eigenvalue weighted by Crippen LogP contribution is -2.37.